The summed E-state index contributed by atoms with van der Waals surface area (Å²) in [6, 6.07) is 5.39. The Labute approximate surface area is 113 Å². The molecule has 0 spiro atoms. The van der Waals surface area contributed by atoms with Crippen LogP contribution in [0.5, 0.6) is 5.75 Å². The summed E-state index contributed by atoms with van der Waals surface area (Å²) in [5.74, 6) is 0.0543. The van der Waals surface area contributed by atoms with E-state index in [1.165, 1.54) is 35.1 Å². The van der Waals surface area contributed by atoms with Crippen LogP contribution in [0.1, 0.15) is 0 Å². The number of nitrogens with zero attached hydrogens (tertiary/aromatic N) is 3. The number of hydrogen-bond acceptors (Lipinski definition) is 5. The monoisotopic (exact) mass is 281 g/mol. The SMILES string of the molecule is O=[N+]([O-])c1cnn(CC(O)COc2ccc(F)cc2)c1. The van der Waals surface area contributed by atoms with Crippen LogP contribution in [-0.4, -0.2) is 32.5 Å². The molecule has 1 atom stereocenters. The lowest BCUT2D eigenvalue weighted by Crippen LogP contribution is -2.23. The first-order chi connectivity index (χ1) is 9.54. The lowest BCUT2D eigenvalue weighted by Gasteiger charge is -2.12. The van der Waals surface area contributed by atoms with Gasteiger partial charge in [-0.1, -0.05) is 0 Å². The van der Waals surface area contributed by atoms with Crippen molar-refractivity contribution in [2.24, 2.45) is 0 Å². The molecule has 0 aliphatic rings. The quantitative estimate of drug-likeness (QED) is 0.638. The molecule has 8 heteroatoms. The van der Waals surface area contributed by atoms with Gasteiger partial charge in [0.1, 0.15) is 36.7 Å². The highest BCUT2D eigenvalue weighted by atomic mass is 19.1. The number of rotatable bonds is 6. The average molecular weight is 281 g/mol. The maximum absolute atomic E-state index is 12.7. The Bertz CT molecular complexity index is 585. The van der Waals surface area contributed by atoms with Crippen LogP contribution in [-0.2, 0) is 6.54 Å². The molecule has 20 heavy (non-hydrogen) atoms. The van der Waals surface area contributed by atoms with Crippen LogP contribution in [0.3, 0.4) is 0 Å². The Balaban J connectivity index is 1.84. The number of aromatic nitrogens is 2. The summed E-state index contributed by atoms with van der Waals surface area (Å²) in [4.78, 5) is 9.91. The van der Waals surface area contributed by atoms with Gasteiger partial charge in [0.25, 0.3) is 0 Å². The van der Waals surface area contributed by atoms with Crippen molar-refractivity contribution in [3.8, 4) is 5.75 Å². The summed E-state index contributed by atoms with van der Waals surface area (Å²) in [7, 11) is 0. The molecule has 0 aliphatic carbocycles. The zero-order valence-electron chi connectivity index (χ0n) is 10.3. The van der Waals surface area contributed by atoms with Gasteiger partial charge in [-0.05, 0) is 24.3 Å². The van der Waals surface area contributed by atoms with Crippen molar-refractivity contribution in [2.75, 3.05) is 6.61 Å². The van der Waals surface area contributed by atoms with Gasteiger partial charge in [0.05, 0.1) is 11.5 Å². The third-order valence-electron chi connectivity index (χ3n) is 2.48. The lowest BCUT2D eigenvalue weighted by atomic mass is 10.3. The zero-order valence-corrected chi connectivity index (χ0v) is 10.3. The smallest absolute Gasteiger partial charge is 0.306 e. The van der Waals surface area contributed by atoms with Crippen LogP contribution < -0.4 is 4.74 Å². The Morgan fingerprint density at radius 3 is 2.75 bits per heavy atom. The standard InChI is InChI=1S/C12H12FN3O4/c13-9-1-3-12(4-2-9)20-8-11(17)7-15-6-10(5-14-15)16(18)19/h1-6,11,17H,7-8H2. The first-order valence-electron chi connectivity index (χ1n) is 5.78. The van der Waals surface area contributed by atoms with Gasteiger partial charge in [-0.3, -0.25) is 14.8 Å². The molecule has 1 aromatic heterocycles. The number of nitro groups is 1. The second kappa shape index (κ2) is 6.11. The first-order valence-corrected chi connectivity index (χ1v) is 5.78. The van der Waals surface area contributed by atoms with Crippen LogP contribution in [0.25, 0.3) is 0 Å². The van der Waals surface area contributed by atoms with Gasteiger partial charge in [-0.2, -0.15) is 5.10 Å². The molecule has 0 radical (unpaired) electrons. The molecule has 0 amide bonds. The molecule has 2 aromatic rings. The fourth-order valence-corrected chi connectivity index (χ4v) is 1.54. The summed E-state index contributed by atoms with van der Waals surface area (Å²) >= 11 is 0. The van der Waals surface area contributed by atoms with Gasteiger partial charge < -0.3 is 9.84 Å². The fourth-order valence-electron chi connectivity index (χ4n) is 1.54. The highest BCUT2D eigenvalue weighted by molar-refractivity contribution is 5.22. The number of halogens is 1. The fraction of sp³-hybridized carbons (Fsp3) is 0.250. The predicted octanol–water partition coefficient (Wildman–Crippen LogP) is 1.37. The van der Waals surface area contributed by atoms with Crippen molar-refractivity contribution in [1.29, 1.82) is 0 Å². The van der Waals surface area contributed by atoms with E-state index in [0.29, 0.717) is 5.75 Å². The molecule has 7 nitrogen and oxygen atoms in total. The molecule has 0 bridgehead atoms. The van der Waals surface area contributed by atoms with E-state index in [9.17, 15) is 19.6 Å². The molecule has 2 rings (SSSR count). The van der Waals surface area contributed by atoms with Crippen molar-refractivity contribution < 1.29 is 19.2 Å². The van der Waals surface area contributed by atoms with Crippen LogP contribution in [0.2, 0.25) is 0 Å². The second-order valence-electron chi connectivity index (χ2n) is 4.10. The van der Waals surface area contributed by atoms with E-state index < -0.39 is 11.0 Å². The van der Waals surface area contributed by atoms with Gasteiger partial charge in [-0.15, -0.1) is 0 Å². The van der Waals surface area contributed by atoms with Crippen molar-refractivity contribution >= 4 is 5.69 Å². The summed E-state index contributed by atoms with van der Waals surface area (Å²) in [6.45, 7) is 0.0360. The number of benzene rings is 1. The van der Waals surface area contributed by atoms with E-state index in [0.717, 1.165) is 6.20 Å². The molecule has 106 valence electrons. The van der Waals surface area contributed by atoms with Crippen molar-refractivity contribution in [2.45, 2.75) is 12.6 Å². The van der Waals surface area contributed by atoms with E-state index in [1.807, 2.05) is 0 Å². The summed E-state index contributed by atoms with van der Waals surface area (Å²) in [6.07, 6.45) is 1.44. The summed E-state index contributed by atoms with van der Waals surface area (Å²) < 4.78 is 19.2. The Hall–Kier alpha value is -2.48. The summed E-state index contributed by atoms with van der Waals surface area (Å²) in [5, 5.41) is 24.0. The van der Waals surface area contributed by atoms with E-state index in [4.69, 9.17) is 4.74 Å². The summed E-state index contributed by atoms with van der Waals surface area (Å²) in [5.41, 5.74) is -0.142. The topological polar surface area (TPSA) is 90.4 Å². The third kappa shape index (κ3) is 3.75. The van der Waals surface area contributed by atoms with E-state index in [-0.39, 0.29) is 24.7 Å². The molecule has 1 heterocycles. The van der Waals surface area contributed by atoms with E-state index in [1.54, 1.807) is 0 Å². The number of ether oxygens (including phenoxy) is 1. The highest BCUT2D eigenvalue weighted by Gasteiger charge is 2.12. The van der Waals surface area contributed by atoms with Gasteiger partial charge in [0, 0.05) is 0 Å². The minimum Gasteiger partial charge on any atom is -0.491 e. The minimum absolute atomic E-state index is 0.0285. The molecular weight excluding hydrogens is 269 g/mol. The molecular formula is C12H12FN3O4. The van der Waals surface area contributed by atoms with Gasteiger partial charge in [0.2, 0.25) is 0 Å². The van der Waals surface area contributed by atoms with Gasteiger partial charge in [0.15, 0.2) is 0 Å². The van der Waals surface area contributed by atoms with Crippen LogP contribution in [0, 0.1) is 15.9 Å². The highest BCUT2D eigenvalue weighted by Crippen LogP contribution is 2.12. The zero-order chi connectivity index (χ0) is 14.5. The molecule has 0 fully saturated rings. The Morgan fingerprint density at radius 1 is 1.45 bits per heavy atom. The minimum atomic E-state index is -0.889. The molecule has 1 aromatic carbocycles. The normalized spacial score (nSPS) is 12.1. The maximum Gasteiger partial charge on any atom is 0.306 e. The van der Waals surface area contributed by atoms with Gasteiger partial charge >= 0.3 is 5.69 Å². The second-order valence-corrected chi connectivity index (χ2v) is 4.10. The molecule has 0 aliphatic heterocycles. The predicted molar refractivity (Wildman–Crippen MR) is 66.8 cm³/mol. The molecule has 0 saturated heterocycles. The third-order valence-corrected chi connectivity index (χ3v) is 2.48. The van der Waals surface area contributed by atoms with Crippen LogP contribution in [0.15, 0.2) is 36.7 Å². The number of aliphatic hydroxyl groups is 1. The lowest BCUT2D eigenvalue weighted by molar-refractivity contribution is -0.385. The first kappa shape index (κ1) is 13.9. The van der Waals surface area contributed by atoms with Crippen LogP contribution >= 0.6 is 0 Å². The molecule has 0 saturated carbocycles. The molecule has 1 unspecified atom stereocenters. The van der Waals surface area contributed by atoms with Crippen LogP contribution in [0.4, 0.5) is 10.1 Å². The largest absolute Gasteiger partial charge is 0.491 e. The molecule has 1 N–H and O–H groups in total. The van der Waals surface area contributed by atoms with Gasteiger partial charge in [-0.25, -0.2) is 4.39 Å². The Morgan fingerprint density at radius 2 is 2.15 bits per heavy atom. The van der Waals surface area contributed by atoms with E-state index in [2.05, 4.69) is 5.10 Å². The van der Waals surface area contributed by atoms with Crippen molar-refractivity contribution in [1.82, 2.24) is 9.78 Å². The number of aliphatic hydroxyl groups excluding tert-OH is 1. The van der Waals surface area contributed by atoms with Crippen molar-refractivity contribution in [3.05, 3.63) is 52.6 Å². The number of hydrogen-bond donors (Lipinski definition) is 1. The van der Waals surface area contributed by atoms with E-state index >= 15 is 0 Å². The average Bonchev–Trinajstić information content (AvgIpc) is 2.87. The maximum atomic E-state index is 12.7. The van der Waals surface area contributed by atoms with Crippen molar-refractivity contribution in [3.63, 3.8) is 0 Å². The Kier molecular flexibility index (Phi) is 4.26.